The first-order valence-electron chi connectivity index (χ1n) is 5.45. The van der Waals surface area contributed by atoms with E-state index >= 15 is 0 Å². The van der Waals surface area contributed by atoms with E-state index in [-0.39, 0.29) is 0 Å². The average Bonchev–Trinajstić information content (AvgIpc) is 2.16. The van der Waals surface area contributed by atoms with Gasteiger partial charge in [0, 0.05) is 0 Å². The lowest BCUT2D eigenvalue weighted by Crippen LogP contribution is -2.20. The maximum atomic E-state index is 4.01. The van der Waals surface area contributed by atoms with Crippen LogP contribution in [0.1, 0.15) is 52.4 Å². The number of hydrogen-bond donors (Lipinski definition) is 0. The first-order valence-corrected chi connectivity index (χ1v) is 5.45. The second-order valence-corrected chi connectivity index (χ2v) is 4.61. The highest BCUT2D eigenvalue weighted by Crippen LogP contribution is 2.40. The van der Waals surface area contributed by atoms with Crippen LogP contribution < -0.4 is 0 Å². The van der Waals surface area contributed by atoms with Gasteiger partial charge >= 0.3 is 0 Å². The Morgan fingerprint density at radius 3 is 2.31 bits per heavy atom. The molecule has 0 unspecified atom stereocenters. The fourth-order valence-electron chi connectivity index (χ4n) is 2.15. The Bertz CT molecular complexity index is 188. The predicted molar refractivity (Wildman–Crippen MR) is 59.8 cm³/mol. The van der Waals surface area contributed by atoms with Crippen LogP contribution in [0.5, 0.6) is 0 Å². The van der Waals surface area contributed by atoms with Crippen LogP contribution in [-0.4, -0.2) is 0 Å². The maximum Gasteiger partial charge on any atom is -0.00863 e. The molecule has 0 aromatic heterocycles. The van der Waals surface area contributed by atoms with E-state index in [0.29, 0.717) is 5.41 Å². The minimum Gasteiger partial charge on any atom is -0.103 e. The third-order valence-electron chi connectivity index (χ3n) is 3.20. The van der Waals surface area contributed by atoms with E-state index in [4.69, 9.17) is 0 Å². The topological polar surface area (TPSA) is 0 Å². The molecule has 1 rings (SSSR count). The quantitative estimate of drug-likeness (QED) is 0.559. The maximum absolute atomic E-state index is 4.01. The molecule has 1 aliphatic carbocycles. The second-order valence-electron chi connectivity index (χ2n) is 4.61. The van der Waals surface area contributed by atoms with Gasteiger partial charge in [0.2, 0.25) is 0 Å². The van der Waals surface area contributed by atoms with E-state index < -0.39 is 0 Å². The van der Waals surface area contributed by atoms with Crippen LogP contribution in [-0.2, 0) is 0 Å². The summed E-state index contributed by atoms with van der Waals surface area (Å²) in [5.41, 5.74) is 1.88. The van der Waals surface area contributed by atoms with Crippen LogP contribution in [0.3, 0.4) is 0 Å². The lowest BCUT2D eigenvalue weighted by atomic mass is 9.72. The van der Waals surface area contributed by atoms with Gasteiger partial charge in [0.15, 0.2) is 0 Å². The molecule has 0 heteroatoms. The summed E-state index contributed by atoms with van der Waals surface area (Å²) in [6.07, 6.45) is 12.7. The van der Waals surface area contributed by atoms with Gasteiger partial charge in [0.1, 0.15) is 0 Å². The monoisotopic (exact) mass is 178 g/mol. The zero-order valence-corrected chi connectivity index (χ0v) is 9.10. The van der Waals surface area contributed by atoms with Crippen molar-refractivity contribution in [3.05, 3.63) is 24.3 Å². The third kappa shape index (κ3) is 3.02. The van der Waals surface area contributed by atoms with Gasteiger partial charge < -0.3 is 0 Å². The predicted octanol–water partition coefficient (Wildman–Crippen LogP) is 4.48. The average molecular weight is 178 g/mol. The fraction of sp³-hybridized carbons (Fsp3) is 0.692. The summed E-state index contributed by atoms with van der Waals surface area (Å²) in [5, 5.41) is 0. The summed E-state index contributed by atoms with van der Waals surface area (Å²) in [5.74, 6) is 0. The molecule has 0 heterocycles. The van der Waals surface area contributed by atoms with E-state index in [1.54, 1.807) is 0 Å². The molecule has 1 fully saturated rings. The van der Waals surface area contributed by atoms with Crippen molar-refractivity contribution in [1.29, 1.82) is 0 Å². The fourth-order valence-corrected chi connectivity index (χ4v) is 2.15. The van der Waals surface area contributed by atoms with Crippen LogP contribution >= 0.6 is 0 Å². The normalized spacial score (nSPS) is 20.8. The van der Waals surface area contributed by atoms with Crippen molar-refractivity contribution in [2.45, 2.75) is 52.4 Å². The zero-order chi connectivity index (χ0) is 9.73. The van der Waals surface area contributed by atoms with Crippen molar-refractivity contribution < 1.29 is 0 Å². The van der Waals surface area contributed by atoms with Gasteiger partial charge in [-0.2, -0.15) is 0 Å². The molecule has 0 aromatic carbocycles. The molecule has 1 saturated carbocycles. The summed E-state index contributed by atoms with van der Waals surface area (Å²) in [7, 11) is 0. The van der Waals surface area contributed by atoms with Gasteiger partial charge in [0.05, 0.1) is 0 Å². The Morgan fingerprint density at radius 1 is 1.23 bits per heavy atom. The van der Waals surface area contributed by atoms with E-state index in [1.807, 2.05) is 0 Å². The van der Waals surface area contributed by atoms with Crippen LogP contribution in [0.25, 0.3) is 0 Å². The molecule has 0 N–H and O–H groups in total. The Balaban J connectivity index is 2.57. The molecule has 0 amide bonds. The van der Waals surface area contributed by atoms with E-state index in [0.717, 1.165) is 0 Å². The highest BCUT2D eigenvalue weighted by atomic mass is 14.3. The van der Waals surface area contributed by atoms with Crippen LogP contribution in [0.15, 0.2) is 24.3 Å². The second kappa shape index (κ2) is 4.64. The molecule has 13 heavy (non-hydrogen) atoms. The number of hydrogen-bond acceptors (Lipinski definition) is 0. The molecule has 0 saturated heterocycles. The SMILES string of the molecule is C=CC1(CC=C(C)C)CCCCC1. The van der Waals surface area contributed by atoms with Gasteiger partial charge in [-0.3, -0.25) is 0 Å². The minimum atomic E-state index is 0.440. The molecule has 0 spiro atoms. The van der Waals surface area contributed by atoms with Gasteiger partial charge in [-0.25, -0.2) is 0 Å². The Morgan fingerprint density at radius 2 is 1.85 bits per heavy atom. The molecule has 0 radical (unpaired) electrons. The van der Waals surface area contributed by atoms with Crippen molar-refractivity contribution in [3.8, 4) is 0 Å². The molecule has 74 valence electrons. The zero-order valence-electron chi connectivity index (χ0n) is 9.10. The Hall–Kier alpha value is -0.520. The van der Waals surface area contributed by atoms with E-state index in [9.17, 15) is 0 Å². The summed E-state index contributed by atoms with van der Waals surface area (Å²) in [4.78, 5) is 0. The molecule has 0 aliphatic heterocycles. The van der Waals surface area contributed by atoms with Gasteiger partial charge in [0.25, 0.3) is 0 Å². The molecule has 0 nitrogen and oxygen atoms in total. The number of rotatable bonds is 3. The highest BCUT2D eigenvalue weighted by molar-refractivity contribution is 5.04. The van der Waals surface area contributed by atoms with Crippen LogP contribution in [0.2, 0.25) is 0 Å². The highest BCUT2D eigenvalue weighted by Gasteiger charge is 2.27. The standard InChI is InChI=1S/C13H22/c1-4-13(11-8-12(2)3)9-6-5-7-10-13/h4,8H,1,5-7,9-11H2,2-3H3. The lowest BCUT2D eigenvalue weighted by molar-refractivity contribution is 0.260. The van der Waals surface area contributed by atoms with Gasteiger partial charge in [-0.05, 0) is 38.5 Å². The van der Waals surface area contributed by atoms with Crippen LogP contribution in [0.4, 0.5) is 0 Å². The lowest BCUT2D eigenvalue weighted by Gasteiger charge is -2.33. The molecule has 1 aliphatic rings. The summed E-state index contributed by atoms with van der Waals surface area (Å²) >= 11 is 0. The molecule has 0 atom stereocenters. The van der Waals surface area contributed by atoms with Crippen molar-refractivity contribution in [1.82, 2.24) is 0 Å². The molecular weight excluding hydrogens is 156 g/mol. The first-order chi connectivity index (χ1) is 6.18. The Labute approximate surface area is 82.7 Å². The van der Waals surface area contributed by atoms with E-state index in [2.05, 4.69) is 32.6 Å². The van der Waals surface area contributed by atoms with Gasteiger partial charge in [-0.15, -0.1) is 6.58 Å². The summed E-state index contributed by atoms with van der Waals surface area (Å²) in [6.45, 7) is 8.37. The minimum absolute atomic E-state index is 0.440. The molecule has 0 aromatic rings. The third-order valence-corrected chi connectivity index (χ3v) is 3.20. The largest absolute Gasteiger partial charge is 0.103 e. The van der Waals surface area contributed by atoms with Crippen molar-refractivity contribution >= 4 is 0 Å². The van der Waals surface area contributed by atoms with Crippen molar-refractivity contribution in [2.24, 2.45) is 5.41 Å². The van der Waals surface area contributed by atoms with Gasteiger partial charge in [-0.1, -0.05) is 37.0 Å². The summed E-state index contributed by atoms with van der Waals surface area (Å²) in [6, 6.07) is 0. The smallest absolute Gasteiger partial charge is 0.00863 e. The number of allylic oxidation sites excluding steroid dienone is 3. The molecular formula is C13H22. The molecule has 0 bridgehead atoms. The van der Waals surface area contributed by atoms with E-state index in [1.165, 1.54) is 44.1 Å². The van der Waals surface area contributed by atoms with Crippen molar-refractivity contribution in [3.63, 3.8) is 0 Å². The summed E-state index contributed by atoms with van der Waals surface area (Å²) < 4.78 is 0. The van der Waals surface area contributed by atoms with Crippen LogP contribution in [0, 0.1) is 5.41 Å². The first kappa shape index (κ1) is 10.6. The Kier molecular flexibility index (Phi) is 3.77. The van der Waals surface area contributed by atoms with Crippen molar-refractivity contribution in [2.75, 3.05) is 0 Å².